The second-order valence-electron chi connectivity index (χ2n) is 8.23. The average Bonchev–Trinajstić information content (AvgIpc) is 3.39. The van der Waals surface area contributed by atoms with Crippen LogP contribution in [0.25, 0.3) is 0 Å². The highest BCUT2D eigenvalue weighted by Gasteiger charge is 2.35. The van der Waals surface area contributed by atoms with Crippen molar-refractivity contribution in [1.82, 2.24) is 9.80 Å². The van der Waals surface area contributed by atoms with Gasteiger partial charge in [0.15, 0.2) is 10.3 Å². The SMILES string of the molecule is Br.Br.N#CCCBr.N#CCCSC(=N)N.N=C(N)SCCN1C(=O)c2ccccc2C1=O.O=C1c2ccccc2C(=O)N1CCBr. The molecular weight excluding hydrogens is 896 g/mol. The van der Waals surface area contributed by atoms with Gasteiger partial charge in [0.25, 0.3) is 23.6 Å². The summed E-state index contributed by atoms with van der Waals surface area (Å²) in [5, 5.41) is 31.0. The summed E-state index contributed by atoms with van der Waals surface area (Å²) < 4.78 is 0. The third kappa shape index (κ3) is 14.8. The first kappa shape index (κ1) is 45.4. The molecule has 248 valence electrons. The molecule has 0 atom stereocenters. The van der Waals surface area contributed by atoms with Crippen molar-refractivity contribution in [2.24, 2.45) is 11.5 Å². The van der Waals surface area contributed by atoms with Crippen molar-refractivity contribution in [3.63, 3.8) is 0 Å². The van der Waals surface area contributed by atoms with Crippen LogP contribution in [0.2, 0.25) is 0 Å². The molecule has 0 saturated carbocycles. The van der Waals surface area contributed by atoms with Gasteiger partial charge in [-0.05, 0) is 24.3 Å². The zero-order chi connectivity index (χ0) is 33.1. The minimum Gasteiger partial charge on any atom is -0.379 e. The zero-order valence-electron chi connectivity index (χ0n) is 24.2. The number of benzene rings is 2. The monoisotopic (exact) mass is 924 g/mol. The van der Waals surface area contributed by atoms with Crippen LogP contribution in [-0.2, 0) is 0 Å². The van der Waals surface area contributed by atoms with Gasteiger partial charge >= 0.3 is 0 Å². The largest absolute Gasteiger partial charge is 0.379 e. The molecule has 0 aromatic heterocycles. The van der Waals surface area contributed by atoms with Crippen LogP contribution in [0.3, 0.4) is 0 Å². The summed E-state index contributed by atoms with van der Waals surface area (Å²) >= 11 is 8.61. The fourth-order valence-electron chi connectivity index (χ4n) is 3.46. The molecule has 2 heterocycles. The van der Waals surface area contributed by atoms with Gasteiger partial charge in [-0.25, -0.2) is 0 Å². The Bertz CT molecular complexity index is 1380. The van der Waals surface area contributed by atoms with E-state index in [1.165, 1.54) is 21.6 Å². The number of nitrogens with two attached hydrogens (primary N) is 2. The molecule has 0 spiro atoms. The highest BCUT2D eigenvalue weighted by molar-refractivity contribution is 9.09. The van der Waals surface area contributed by atoms with Crippen LogP contribution >= 0.6 is 89.3 Å². The van der Waals surface area contributed by atoms with Gasteiger partial charge < -0.3 is 11.5 Å². The smallest absolute Gasteiger partial charge is 0.261 e. The zero-order valence-corrected chi connectivity index (χ0v) is 32.5. The van der Waals surface area contributed by atoms with Crippen molar-refractivity contribution in [2.75, 3.05) is 35.3 Å². The van der Waals surface area contributed by atoms with Gasteiger partial charge in [0.05, 0.1) is 34.4 Å². The Balaban J connectivity index is 0. The second-order valence-corrected chi connectivity index (χ2v) is 12.1. The van der Waals surface area contributed by atoms with Gasteiger partial charge in [0.1, 0.15) is 0 Å². The molecular formula is C28H32Br4N8O4S2. The number of hydrogen-bond donors (Lipinski definition) is 4. The number of carbonyl (C=O) groups is 4. The summed E-state index contributed by atoms with van der Waals surface area (Å²) in [6.07, 6.45) is 1.07. The fraction of sp³-hybridized carbons (Fsp3) is 0.286. The first-order chi connectivity index (χ1) is 21.0. The van der Waals surface area contributed by atoms with E-state index in [-0.39, 0.29) is 74.5 Å². The third-order valence-electron chi connectivity index (χ3n) is 5.31. The number of imide groups is 2. The number of carbonyl (C=O) groups excluding carboxylic acids is 4. The Morgan fingerprint density at radius 2 is 1.00 bits per heavy atom. The van der Waals surface area contributed by atoms with Crippen molar-refractivity contribution in [3.05, 3.63) is 70.8 Å². The molecule has 2 aromatic carbocycles. The average molecular weight is 928 g/mol. The lowest BCUT2D eigenvalue weighted by atomic mass is 10.1. The van der Waals surface area contributed by atoms with Crippen molar-refractivity contribution < 1.29 is 19.2 Å². The second kappa shape index (κ2) is 25.4. The summed E-state index contributed by atoms with van der Waals surface area (Å²) in [5.74, 6) is 0.159. The highest BCUT2D eigenvalue weighted by atomic mass is 79.9. The van der Waals surface area contributed by atoms with E-state index >= 15 is 0 Å². The van der Waals surface area contributed by atoms with Crippen molar-refractivity contribution >= 4 is 123 Å². The van der Waals surface area contributed by atoms with Crippen LogP contribution in [0, 0.1) is 33.5 Å². The van der Waals surface area contributed by atoms with E-state index in [1.807, 2.05) is 12.1 Å². The summed E-state index contributed by atoms with van der Waals surface area (Å²) in [4.78, 5) is 49.6. The molecule has 0 radical (unpaired) electrons. The van der Waals surface area contributed by atoms with Crippen molar-refractivity contribution in [3.8, 4) is 12.1 Å². The Kier molecular flexibility index (Phi) is 25.0. The molecule has 12 nitrogen and oxygen atoms in total. The molecule has 4 amide bonds. The normalized spacial score (nSPS) is 11.7. The topological polar surface area (TPSA) is 222 Å². The summed E-state index contributed by atoms with van der Waals surface area (Å²) in [5.41, 5.74) is 12.1. The molecule has 0 bridgehead atoms. The Morgan fingerprint density at radius 1 is 0.652 bits per heavy atom. The Morgan fingerprint density at radius 3 is 1.28 bits per heavy atom. The lowest BCUT2D eigenvalue weighted by Crippen LogP contribution is -2.32. The van der Waals surface area contributed by atoms with Gasteiger partial charge in [-0.3, -0.25) is 39.8 Å². The summed E-state index contributed by atoms with van der Waals surface area (Å²) in [7, 11) is 0. The minimum atomic E-state index is -0.269. The highest BCUT2D eigenvalue weighted by Crippen LogP contribution is 2.23. The van der Waals surface area contributed by atoms with Crippen LogP contribution in [0.1, 0.15) is 54.3 Å². The molecule has 18 heteroatoms. The maximum atomic E-state index is 11.9. The number of rotatable bonds is 8. The van der Waals surface area contributed by atoms with Gasteiger partial charge in [0, 0.05) is 48.1 Å². The van der Waals surface area contributed by atoms with E-state index < -0.39 is 0 Å². The Hall–Kier alpha value is -2.74. The first-order valence-corrected chi connectivity index (χ1v) is 17.0. The quantitative estimate of drug-likeness (QED) is 0.0848. The number of nitrogens with zero attached hydrogens (tertiary/aromatic N) is 4. The number of amidine groups is 2. The summed E-state index contributed by atoms with van der Waals surface area (Å²) in [6.45, 7) is 0.697. The lowest BCUT2D eigenvalue weighted by Gasteiger charge is -2.12. The van der Waals surface area contributed by atoms with Gasteiger partial charge in [-0.2, -0.15) is 10.5 Å². The number of nitriles is 2. The van der Waals surface area contributed by atoms with Gasteiger partial charge in [-0.15, -0.1) is 34.0 Å². The minimum absolute atomic E-state index is 0. The molecule has 0 unspecified atom stereocenters. The maximum absolute atomic E-state index is 11.9. The van der Waals surface area contributed by atoms with Crippen LogP contribution in [0.4, 0.5) is 0 Å². The molecule has 2 aromatic rings. The predicted octanol–water partition coefficient (Wildman–Crippen LogP) is 5.56. The number of fused-ring (bicyclic) bond motifs is 2. The standard InChI is InChI=1S/C11H11N3O2S.C10H8BrNO2.C4H7N3S.C3H4BrN.2BrH/c12-11(13)17-6-5-14-9(15)7-3-1-2-4-8(7)10(14)16;11-5-6-12-9(13)7-3-1-2-4-8(7)10(12)14;5-2-1-3-8-4(6)7;4-2-1-3-5;;/h1-4H,5-6H2,(H3,12,13);1-4H,5-6H2;1,3H2,(H3,6,7);1-2H2;2*1H. The Labute approximate surface area is 313 Å². The van der Waals surface area contributed by atoms with E-state index in [0.29, 0.717) is 58.5 Å². The van der Waals surface area contributed by atoms with E-state index in [2.05, 4.69) is 31.9 Å². The number of amides is 4. The molecule has 6 N–H and O–H groups in total. The fourth-order valence-corrected chi connectivity index (χ4v) is 4.90. The third-order valence-corrected chi connectivity index (χ3v) is 7.48. The first-order valence-electron chi connectivity index (χ1n) is 12.7. The van der Waals surface area contributed by atoms with Crippen LogP contribution in [-0.4, -0.2) is 79.0 Å². The lowest BCUT2D eigenvalue weighted by molar-refractivity contribution is 0.0649. The molecule has 0 aliphatic carbocycles. The van der Waals surface area contributed by atoms with Crippen LogP contribution in [0.15, 0.2) is 48.5 Å². The molecule has 0 fully saturated rings. The van der Waals surface area contributed by atoms with Crippen molar-refractivity contribution in [2.45, 2.75) is 12.8 Å². The number of thioether (sulfide) groups is 2. The van der Waals surface area contributed by atoms with Crippen LogP contribution in [0.5, 0.6) is 0 Å². The summed E-state index contributed by atoms with van der Waals surface area (Å²) in [6, 6.07) is 17.6. The van der Waals surface area contributed by atoms with Gasteiger partial charge in [-0.1, -0.05) is 79.6 Å². The number of hydrogen-bond acceptors (Lipinski definition) is 10. The number of alkyl halides is 2. The van der Waals surface area contributed by atoms with Gasteiger partial charge in [0.2, 0.25) is 0 Å². The number of halogens is 4. The maximum Gasteiger partial charge on any atom is 0.261 e. The van der Waals surface area contributed by atoms with Crippen molar-refractivity contribution in [1.29, 1.82) is 21.3 Å². The molecule has 46 heavy (non-hydrogen) atoms. The molecule has 2 aliphatic rings. The van der Waals surface area contributed by atoms with E-state index in [1.54, 1.807) is 48.5 Å². The van der Waals surface area contributed by atoms with E-state index in [0.717, 1.165) is 17.1 Å². The van der Waals surface area contributed by atoms with E-state index in [9.17, 15) is 19.2 Å². The predicted molar refractivity (Wildman–Crippen MR) is 201 cm³/mol. The molecule has 0 saturated heterocycles. The van der Waals surface area contributed by atoms with Crippen LogP contribution < -0.4 is 11.5 Å². The van der Waals surface area contributed by atoms with E-state index in [4.69, 9.17) is 32.8 Å². The number of nitrogens with one attached hydrogen (secondary N) is 2. The molecule has 2 aliphatic heterocycles. The molecule has 4 rings (SSSR count).